The fourth-order valence-electron chi connectivity index (χ4n) is 12.0. The molecule has 9 amide bonds. The highest BCUT2D eigenvalue weighted by molar-refractivity contribution is 6.30. The molecule has 17 N–H and O–H groups in total. The Kier molecular flexibility index (Phi) is 28.9. The molecule has 6 aromatic rings. The predicted octanol–water partition coefficient (Wildman–Crippen LogP) is 1.99. The quantitative estimate of drug-likeness (QED) is 0.0152. The molecule has 0 aliphatic carbocycles. The lowest BCUT2D eigenvalue weighted by Crippen LogP contribution is -2.62. The third-order valence-corrected chi connectivity index (χ3v) is 17.4. The number of H-pyrrole nitrogens is 1. The number of carbonyl (C=O) groups excluding carboxylic acids is 10. The van der Waals surface area contributed by atoms with Crippen LogP contribution in [0.2, 0.25) is 5.02 Å². The van der Waals surface area contributed by atoms with Gasteiger partial charge in [-0.15, -0.1) is 0 Å². The van der Waals surface area contributed by atoms with Crippen LogP contribution in [0.3, 0.4) is 0 Å². The van der Waals surface area contributed by atoms with Crippen LogP contribution in [0.5, 0.6) is 11.5 Å². The Morgan fingerprint density at radius 1 is 0.610 bits per heavy atom. The number of aliphatic hydroxyl groups is 1. The number of aromatic nitrogens is 1. The number of halogens is 1. The monoisotopic (exact) mass is 1390 g/mol. The predicted molar refractivity (Wildman–Crippen MR) is 377 cm³/mol. The van der Waals surface area contributed by atoms with E-state index in [9.17, 15) is 53.7 Å². The molecule has 1 aliphatic heterocycles. The maximum absolute atomic E-state index is 15.3. The summed E-state index contributed by atoms with van der Waals surface area (Å²) in [6.07, 6.45) is 2.14. The molecule has 0 spiro atoms. The zero-order chi connectivity index (χ0) is 72.6. The highest BCUT2D eigenvalue weighted by Gasteiger charge is 2.40. The number of likely N-dealkylation sites (tertiary alicyclic amines) is 1. The van der Waals surface area contributed by atoms with Crippen molar-refractivity contribution >= 4 is 87.4 Å². The Labute approximate surface area is 585 Å². The second kappa shape index (κ2) is 37.5. The number of Topliss-reactive ketones (excluding diaryl/α,β-unsaturated/α-hetero) is 1. The van der Waals surface area contributed by atoms with Gasteiger partial charge in [0, 0.05) is 87.7 Å². The third kappa shape index (κ3) is 22.8. The summed E-state index contributed by atoms with van der Waals surface area (Å²) in [4.78, 5) is 154. The van der Waals surface area contributed by atoms with E-state index in [1.165, 1.54) is 67.4 Å². The zero-order valence-electron chi connectivity index (χ0n) is 56.5. The summed E-state index contributed by atoms with van der Waals surface area (Å²) in [5.41, 5.74) is 20.2. The van der Waals surface area contributed by atoms with E-state index in [1.807, 2.05) is 19.9 Å². The summed E-state index contributed by atoms with van der Waals surface area (Å²) >= 11 is 6.25. The summed E-state index contributed by atoms with van der Waals surface area (Å²) in [7, 11) is 1.22. The maximum Gasteiger partial charge on any atom is 0.245 e. The second-order valence-corrected chi connectivity index (χ2v) is 25.8. The van der Waals surface area contributed by atoms with Gasteiger partial charge >= 0.3 is 0 Å². The highest BCUT2D eigenvalue weighted by atomic mass is 35.5. The lowest BCUT2D eigenvalue weighted by atomic mass is 9.99. The number of benzene rings is 5. The normalized spacial score (nSPS) is 15.1. The van der Waals surface area contributed by atoms with Crippen molar-refractivity contribution in [1.29, 1.82) is 0 Å². The van der Waals surface area contributed by atoms with Crippen molar-refractivity contribution in [3.63, 3.8) is 0 Å². The van der Waals surface area contributed by atoms with Crippen LogP contribution in [0.4, 0.5) is 0 Å². The van der Waals surface area contributed by atoms with Crippen LogP contribution < -0.4 is 54.4 Å². The van der Waals surface area contributed by atoms with Crippen LogP contribution in [-0.2, 0) is 80.0 Å². The number of fused-ring (bicyclic) bond motifs is 1. The number of hydrogen-bond acceptors (Lipinski definition) is 15. The molecule has 9 atom stereocenters. The highest BCUT2D eigenvalue weighted by Crippen LogP contribution is 2.24. The van der Waals surface area contributed by atoms with Crippen molar-refractivity contribution < 1.29 is 63.3 Å². The van der Waals surface area contributed by atoms with Gasteiger partial charge in [-0.3, -0.25) is 52.9 Å². The molecule has 5 aromatic carbocycles. The number of aromatic hydroxyl groups is 2. The number of phenols is 2. The number of likely N-dealkylation sites (N-methyl/N-ethyl adjacent to an activating group) is 1. The first kappa shape index (κ1) is 77.0. The summed E-state index contributed by atoms with van der Waals surface area (Å²) < 4.78 is 0. The molecular weight excluding hydrogens is 1300 g/mol. The van der Waals surface area contributed by atoms with Gasteiger partial charge in [-0.1, -0.05) is 110 Å². The number of aromatic amines is 1. The average molecular weight is 1400 g/mol. The van der Waals surface area contributed by atoms with E-state index < -0.39 is 114 Å². The number of phenolic OH excluding ortho intramolecular Hbond substituents is 2. The van der Waals surface area contributed by atoms with Gasteiger partial charge in [0.15, 0.2) is 11.7 Å². The number of hydrogen-bond donors (Lipinski definition) is 14. The number of nitrogens with one attached hydrogen (secondary N) is 8. The molecule has 0 saturated carbocycles. The van der Waals surface area contributed by atoms with Gasteiger partial charge in [0.2, 0.25) is 53.2 Å². The molecule has 28 heteroatoms. The van der Waals surface area contributed by atoms with Crippen molar-refractivity contribution in [2.24, 2.45) is 28.1 Å². The van der Waals surface area contributed by atoms with Crippen LogP contribution in [-0.4, -0.2) is 183 Å². The van der Waals surface area contributed by atoms with Crippen LogP contribution in [0, 0.1) is 5.92 Å². The summed E-state index contributed by atoms with van der Waals surface area (Å²) in [6, 6.07) is 21.8. The smallest absolute Gasteiger partial charge is 0.245 e. The Morgan fingerprint density at radius 2 is 1.08 bits per heavy atom. The third-order valence-electron chi connectivity index (χ3n) is 17.2. The molecule has 534 valence electrons. The van der Waals surface area contributed by atoms with E-state index in [2.05, 4.69) is 47.2 Å². The minimum absolute atomic E-state index is 0.0322. The topological polar surface area (TPSA) is 428 Å². The van der Waals surface area contributed by atoms with E-state index in [4.69, 9.17) is 28.8 Å². The zero-order valence-corrected chi connectivity index (χ0v) is 57.2. The van der Waals surface area contributed by atoms with E-state index >= 15 is 9.59 Å². The lowest BCUT2D eigenvalue weighted by Gasteiger charge is -2.32. The molecule has 1 aliphatic rings. The van der Waals surface area contributed by atoms with Gasteiger partial charge in [-0.05, 0) is 115 Å². The van der Waals surface area contributed by atoms with Gasteiger partial charge in [-0.2, -0.15) is 0 Å². The van der Waals surface area contributed by atoms with Crippen LogP contribution >= 0.6 is 11.6 Å². The first-order valence-electron chi connectivity index (χ1n) is 33.3. The molecular formula is C72H91ClN14O13. The number of amides is 9. The molecule has 2 heterocycles. The second-order valence-electron chi connectivity index (χ2n) is 25.4. The van der Waals surface area contributed by atoms with E-state index in [-0.39, 0.29) is 107 Å². The number of nitrogens with two attached hydrogens (primary N) is 3. The average Bonchev–Trinajstić information content (AvgIpc) is 1.55. The Morgan fingerprint density at radius 3 is 1.60 bits per heavy atom. The number of aliphatic hydroxyl groups excluding tert-OH is 1. The molecule has 7 rings (SSSR count). The van der Waals surface area contributed by atoms with Gasteiger partial charge in [0.05, 0.1) is 12.6 Å². The molecule has 1 fully saturated rings. The first-order valence-corrected chi connectivity index (χ1v) is 33.6. The SMILES string of the molecule is CC(=O)N[C@@H](Cc1ccccc1)C(=O)N[C@H](Cc1ccc(Cl)cc1)C(=O)N[C@@H](Cc1c[nH]c2ccccc12)C(=O)N(C)[C@@H](CO)C(=O)N[C@@H](Cc1ccc(O)cc1)C(=O)N[C@H](Cc1ccc(O)cc1)C(=O)N[C@@H](CC(C)C)C(=O)N[C@@H](CCCN=C(N)N)C(=O)N1CCC[C@H]1C(=O)CCN. The Balaban J connectivity index is 1.18. The van der Waals surface area contributed by atoms with Gasteiger partial charge in [-0.25, -0.2) is 0 Å². The van der Waals surface area contributed by atoms with Gasteiger partial charge < -0.3 is 84.5 Å². The Bertz CT molecular complexity index is 3820. The van der Waals surface area contributed by atoms with Crippen molar-refractivity contribution in [2.45, 2.75) is 146 Å². The minimum Gasteiger partial charge on any atom is -0.508 e. The number of nitrogens with zero attached hydrogens (tertiary/aromatic N) is 3. The van der Waals surface area contributed by atoms with E-state index in [1.54, 1.807) is 79.0 Å². The Hall–Kier alpha value is -10.4. The van der Waals surface area contributed by atoms with Gasteiger partial charge in [0.25, 0.3) is 0 Å². The van der Waals surface area contributed by atoms with E-state index in [0.29, 0.717) is 56.6 Å². The number of guanidine groups is 1. The first-order chi connectivity index (χ1) is 47.8. The minimum atomic E-state index is -1.78. The molecule has 1 saturated heterocycles. The van der Waals surface area contributed by atoms with Crippen LogP contribution in [0.25, 0.3) is 10.9 Å². The largest absolute Gasteiger partial charge is 0.508 e. The fourth-order valence-corrected chi connectivity index (χ4v) is 12.1. The molecule has 1 aromatic heterocycles. The number of rotatable bonds is 36. The number of ketones is 1. The van der Waals surface area contributed by atoms with E-state index in [0.717, 1.165) is 4.90 Å². The molecule has 27 nitrogen and oxygen atoms in total. The standard InChI is InChI=1S/C72H91ClN14O13/c1-42(2)34-55(64(93)80-54(16-10-32-77-72(75)76)71(100)87-33-11-17-61(87)63(92)30-31-74)81-66(95)57(37-46-20-26-50(90)27-21-46)83-67(96)59(38-47-22-28-51(91)29-23-47)84-69(98)62(41-88)86(4)70(99)60(39-48-40-78-53-15-9-8-14-52(48)53)85-68(97)58(36-45-18-24-49(73)25-19-45)82-65(94)56(79-43(3)89)35-44-12-6-5-7-13-44/h5-9,12-15,18-29,40,42,54-62,78,88,90-91H,10-11,16-17,30-39,41,74H2,1-4H3,(H,79,89)(H,80,93)(H,81,95)(H,82,94)(H,83,96)(H,84,98)(H,85,97)(H4,75,76,77)/t54-,55-,56-,57+,58+,59-,60-,61-,62-/m0/s1. The number of para-hydroxylation sites is 1. The van der Waals surface area contributed by atoms with Crippen LogP contribution in [0.1, 0.15) is 87.1 Å². The maximum atomic E-state index is 15.3. The number of aliphatic imine (C=N–C) groups is 1. The number of carbonyl (C=O) groups is 10. The van der Waals surface area contributed by atoms with Crippen molar-refractivity contribution in [3.8, 4) is 11.5 Å². The van der Waals surface area contributed by atoms with Gasteiger partial charge in [0.1, 0.15) is 59.8 Å². The molecule has 100 heavy (non-hydrogen) atoms. The molecule has 0 radical (unpaired) electrons. The molecule has 0 unspecified atom stereocenters. The molecule has 0 bridgehead atoms. The summed E-state index contributed by atoms with van der Waals surface area (Å²) in [5, 5.41) is 52.1. The van der Waals surface area contributed by atoms with Crippen molar-refractivity contribution in [1.82, 2.24) is 52.0 Å². The van der Waals surface area contributed by atoms with Crippen molar-refractivity contribution in [2.75, 3.05) is 33.3 Å². The lowest BCUT2D eigenvalue weighted by molar-refractivity contribution is -0.144. The summed E-state index contributed by atoms with van der Waals surface area (Å²) in [6.45, 7) is 4.28. The van der Waals surface area contributed by atoms with Crippen LogP contribution in [0.15, 0.2) is 139 Å². The van der Waals surface area contributed by atoms with Crippen molar-refractivity contribution in [3.05, 3.63) is 166 Å². The summed E-state index contributed by atoms with van der Waals surface area (Å²) in [5.74, 6) is -8.01. The fraction of sp³-hybridized carbons (Fsp3) is 0.403.